The molecule has 2 aliphatic carbocycles. The number of aromatic nitrogens is 1. The van der Waals surface area contributed by atoms with E-state index in [1.165, 1.54) is 71.7 Å². The number of nitrogens with zero attached hydrogens (tertiary/aromatic N) is 2. The number of allylic oxidation sites excluding steroid dienone is 11. The highest BCUT2D eigenvalue weighted by Crippen LogP contribution is 2.48. The Balaban J connectivity index is 1.15. The molecule has 0 unspecified atom stereocenters. The average molecular weight is 666 g/mol. The summed E-state index contributed by atoms with van der Waals surface area (Å²) >= 11 is 0. The van der Waals surface area contributed by atoms with Crippen LogP contribution in [0.1, 0.15) is 23.1 Å². The minimum absolute atomic E-state index is 0.838. The molecule has 246 valence electrons. The van der Waals surface area contributed by atoms with Crippen LogP contribution in [0.4, 0.5) is 11.4 Å². The van der Waals surface area contributed by atoms with Crippen LogP contribution in [-0.2, 0) is 0 Å². The highest BCUT2D eigenvalue weighted by Gasteiger charge is 2.27. The fraction of sp³-hybridized carbons (Fsp3) is 0.0204. The van der Waals surface area contributed by atoms with Crippen LogP contribution in [0.3, 0.4) is 0 Å². The summed E-state index contributed by atoms with van der Waals surface area (Å²) in [5.74, 6) is 0. The number of rotatable bonds is 4. The standard InChI is InChI=1S/C49H35N3/c1-32-11-9-10-26-51(37-14-3-2-4-15-37)47-22-18-35(27-43(32)47)36-19-23-48-45(29-36)46-28-33-12-5-6-13-34(33)30-49(46)52(48)38-20-21-41-42(24-25-50)39-16-7-8-17-40(39)44(41)31-38/h2-20,22-31H,1,21,50H2/b11-9-,25-24-,26-10-. The van der Waals surface area contributed by atoms with Gasteiger partial charge in [0.25, 0.3) is 0 Å². The van der Waals surface area contributed by atoms with E-state index in [9.17, 15) is 0 Å². The maximum Gasteiger partial charge on any atom is 0.0547 e. The summed E-state index contributed by atoms with van der Waals surface area (Å²) in [4.78, 5) is 2.24. The summed E-state index contributed by atoms with van der Waals surface area (Å²) < 4.78 is 2.46. The molecular weight excluding hydrogens is 631 g/mol. The molecule has 2 heterocycles. The van der Waals surface area contributed by atoms with E-state index in [0.29, 0.717) is 0 Å². The zero-order valence-electron chi connectivity index (χ0n) is 28.6. The Morgan fingerprint density at radius 3 is 2.23 bits per heavy atom. The SMILES string of the molecule is C=C1/C=C\C=C/N(c2ccccc2)c2ccc(-c3ccc4c(c3)c3cc5ccccc5cc3n4C3=CCC4=C(/C=C\N)c5ccccc5C4=C3)cc21. The van der Waals surface area contributed by atoms with Crippen LogP contribution in [0.2, 0.25) is 0 Å². The van der Waals surface area contributed by atoms with Crippen molar-refractivity contribution in [1.29, 1.82) is 0 Å². The molecule has 6 aromatic carbocycles. The van der Waals surface area contributed by atoms with E-state index in [-0.39, 0.29) is 0 Å². The summed E-state index contributed by atoms with van der Waals surface area (Å²) in [5.41, 5.74) is 22.5. The maximum absolute atomic E-state index is 5.93. The summed E-state index contributed by atoms with van der Waals surface area (Å²) in [7, 11) is 0. The zero-order valence-corrected chi connectivity index (χ0v) is 28.6. The third-order valence-electron chi connectivity index (χ3n) is 10.7. The van der Waals surface area contributed by atoms with Gasteiger partial charge in [-0.3, -0.25) is 0 Å². The molecule has 1 aromatic heterocycles. The van der Waals surface area contributed by atoms with Crippen molar-refractivity contribution in [3.8, 4) is 11.1 Å². The average Bonchev–Trinajstić information content (AvgIpc) is 3.67. The number of nitrogens with two attached hydrogens (primary N) is 1. The lowest BCUT2D eigenvalue weighted by atomic mass is 9.94. The molecule has 0 bridgehead atoms. The van der Waals surface area contributed by atoms with Gasteiger partial charge >= 0.3 is 0 Å². The molecule has 1 aliphatic heterocycles. The predicted molar refractivity (Wildman–Crippen MR) is 222 cm³/mol. The van der Waals surface area contributed by atoms with Crippen molar-refractivity contribution < 1.29 is 0 Å². The third kappa shape index (κ3) is 4.67. The van der Waals surface area contributed by atoms with Gasteiger partial charge in [0.2, 0.25) is 0 Å². The zero-order chi connectivity index (χ0) is 34.8. The van der Waals surface area contributed by atoms with E-state index in [2.05, 4.69) is 180 Å². The summed E-state index contributed by atoms with van der Waals surface area (Å²) in [6, 6.07) is 46.3. The van der Waals surface area contributed by atoms with Crippen LogP contribution in [0, 0.1) is 0 Å². The van der Waals surface area contributed by atoms with Gasteiger partial charge in [-0.05, 0) is 135 Å². The molecule has 0 fully saturated rings. The van der Waals surface area contributed by atoms with Gasteiger partial charge in [0.1, 0.15) is 0 Å². The van der Waals surface area contributed by atoms with Gasteiger partial charge in [0.15, 0.2) is 0 Å². The molecule has 3 heteroatoms. The summed E-state index contributed by atoms with van der Waals surface area (Å²) in [6.07, 6.45) is 17.6. The normalized spacial score (nSPS) is 16.5. The van der Waals surface area contributed by atoms with Crippen molar-refractivity contribution in [2.45, 2.75) is 6.42 Å². The van der Waals surface area contributed by atoms with Crippen LogP contribution in [0.5, 0.6) is 0 Å². The first-order valence-electron chi connectivity index (χ1n) is 17.8. The highest BCUT2D eigenvalue weighted by molar-refractivity contribution is 6.16. The van der Waals surface area contributed by atoms with Crippen molar-refractivity contribution in [1.82, 2.24) is 4.57 Å². The van der Waals surface area contributed by atoms with Crippen molar-refractivity contribution >= 4 is 66.4 Å². The van der Waals surface area contributed by atoms with Crippen LogP contribution in [0.15, 0.2) is 188 Å². The van der Waals surface area contributed by atoms with Crippen LogP contribution in [0.25, 0.3) is 66.1 Å². The lowest BCUT2D eigenvalue weighted by Gasteiger charge is -2.25. The number of anilines is 2. The fourth-order valence-electron chi connectivity index (χ4n) is 8.30. The van der Waals surface area contributed by atoms with Gasteiger partial charge in [0, 0.05) is 33.9 Å². The second-order valence-electron chi connectivity index (χ2n) is 13.6. The first-order chi connectivity index (χ1) is 25.7. The number of benzene rings is 6. The second-order valence-corrected chi connectivity index (χ2v) is 13.6. The summed E-state index contributed by atoms with van der Waals surface area (Å²) in [5, 5.41) is 4.95. The van der Waals surface area contributed by atoms with Gasteiger partial charge in [-0.2, -0.15) is 0 Å². The van der Waals surface area contributed by atoms with Crippen molar-refractivity contribution in [2.75, 3.05) is 4.90 Å². The lowest BCUT2D eigenvalue weighted by Crippen LogP contribution is -2.11. The Bertz CT molecular complexity index is 2830. The molecule has 2 N–H and O–H groups in total. The third-order valence-corrected chi connectivity index (χ3v) is 10.7. The molecular formula is C49H35N3. The van der Waals surface area contributed by atoms with E-state index >= 15 is 0 Å². The minimum Gasteiger partial charge on any atom is -0.405 e. The van der Waals surface area contributed by atoms with Gasteiger partial charge in [-0.1, -0.05) is 104 Å². The maximum atomic E-state index is 5.93. The topological polar surface area (TPSA) is 34.2 Å². The first-order valence-corrected chi connectivity index (χ1v) is 17.8. The van der Waals surface area contributed by atoms with Gasteiger partial charge in [0.05, 0.1) is 16.7 Å². The Kier molecular flexibility index (Phi) is 6.87. The largest absolute Gasteiger partial charge is 0.405 e. The Morgan fingerprint density at radius 2 is 1.38 bits per heavy atom. The van der Waals surface area contributed by atoms with Gasteiger partial charge in [-0.15, -0.1) is 0 Å². The molecule has 0 radical (unpaired) electrons. The molecule has 52 heavy (non-hydrogen) atoms. The molecule has 0 atom stereocenters. The van der Waals surface area contributed by atoms with E-state index in [0.717, 1.165) is 34.5 Å². The molecule has 7 aromatic rings. The highest BCUT2D eigenvalue weighted by atomic mass is 15.1. The van der Waals surface area contributed by atoms with E-state index < -0.39 is 0 Å². The number of fused-ring (bicyclic) bond motifs is 8. The van der Waals surface area contributed by atoms with Crippen molar-refractivity contribution in [3.05, 3.63) is 205 Å². The Labute approximate surface area is 303 Å². The summed E-state index contributed by atoms with van der Waals surface area (Å²) in [6.45, 7) is 4.47. The molecule has 0 saturated heterocycles. The van der Waals surface area contributed by atoms with Gasteiger partial charge in [-0.25, -0.2) is 0 Å². The number of hydrogen-bond acceptors (Lipinski definition) is 2. The predicted octanol–water partition coefficient (Wildman–Crippen LogP) is 12.4. The molecule has 3 nitrogen and oxygen atoms in total. The number of para-hydroxylation sites is 1. The first kappa shape index (κ1) is 30.0. The van der Waals surface area contributed by atoms with Crippen molar-refractivity contribution in [2.24, 2.45) is 5.73 Å². The van der Waals surface area contributed by atoms with Gasteiger partial charge < -0.3 is 15.2 Å². The van der Waals surface area contributed by atoms with E-state index in [4.69, 9.17) is 5.73 Å². The van der Waals surface area contributed by atoms with E-state index in [1.54, 1.807) is 6.20 Å². The monoisotopic (exact) mass is 665 g/mol. The van der Waals surface area contributed by atoms with E-state index in [1.807, 2.05) is 6.08 Å². The molecule has 10 rings (SSSR count). The van der Waals surface area contributed by atoms with Crippen molar-refractivity contribution in [3.63, 3.8) is 0 Å². The Morgan fingerprint density at radius 1 is 0.654 bits per heavy atom. The van der Waals surface area contributed by atoms with Crippen LogP contribution in [-0.4, -0.2) is 4.57 Å². The Hall–Kier alpha value is -6.84. The number of hydrogen-bond donors (Lipinski definition) is 1. The molecule has 0 spiro atoms. The second kappa shape index (κ2) is 11.9. The lowest BCUT2D eigenvalue weighted by molar-refractivity contribution is 1.18. The van der Waals surface area contributed by atoms with Crippen LogP contribution < -0.4 is 10.6 Å². The molecule has 0 amide bonds. The quantitative estimate of drug-likeness (QED) is 0.203. The van der Waals surface area contributed by atoms with Crippen LogP contribution >= 0.6 is 0 Å². The fourth-order valence-corrected chi connectivity index (χ4v) is 8.30. The minimum atomic E-state index is 0.838. The molecule has 3 aliphatic rings. The molecule has 0 saturated carbocycles. The smallest absolute Gasteiger partial charge is 0.0547 e.